The molecule has 0 bridgehead atoms. The van der Waals surface area contributed by atoms with E-state index in [1.165, 1.54) is 10.4 Å². The third-order valence-electron chi connectivity index (χ3n) is 2.49. The van der Waals surface area contributed by atoms with Crippen LogP contribution in [-0.2, 0) is 13.0 Å². The van der Waals surface area contributed by atoms with Gasteiger partial charge in [-0.15, -0.1) is 11.3 Å². The fourth-order valence-electron chi connectivity index (χ4n) is 1.66. The minimum absolute atomic E-state index is 0.890. The lowest BCUT2D eigenvalue weighted by molar-refractivity contribution is 0.338. The van der Waals surface area contributed by atoms with Crippen LogP contribution in [0.1, 0.15) is 10.4 Å². The van der Waals surface area contributed by atoms with Crippen LogP contribution in [0.3, 0.4) is 0 Å². The summed E-state index contributed by atoms with van der Waals surface area (Å²) in [6, 6.07) is 2.08. The standard InChI is InChI=1S/C11H12ClNS/c1-3-8(2)13-5-4-9-6-11(12)14-10(9)7-13/h3,6H,1-2,4-5,7H2. The third-order valence-corrected chi connectivity index (χ3v) is 3.79. The van der Waals surface area contributed by atoms with Crippen molar-refractivity contribution in [2.75, 3.05) is 6.54 Å². The summed E-state index contributed by atoms with van der Waals surface area (Å²) >= 11 is 7.64. The first-order valence-electron chi connectivity index (χ1n) is 4.54. The average Bonchev–Trinajstić information content (AvgIpc) is 2.55. The fourth-order valence-corrected chi connectivity index (χ4v) is 3.02. The molecule has 1 aromatic rings. The first-order chi connectivity index (χ1) is 6.70. The Morgan fingerprint density at radius 2 is 2.43 bits per heavy atom. The third kappa shape index (κ3) is 1.72. The minimum atomic E-state index is 0.890. The van der Waals surface area contributed by atoms with Crippen molar-refractivity contribution in [1.29, 1.82) is 0 Å². The zero-order valence-electron chi connectivity index (χ0n) is 7.92. The molecule has 0 saturated heterocycles. The van der Waals surface area contributed by atoms with E-state index in [0.717, 1.165) is 29.5 Å². The zero-order valence-corrected chi connectivity index (χ0v) is 9.50. The van der Waals surface area contributed by atoms with Crippen molar-refractivity contribution in [1.82, 2.24) is 4.90 Å². The van der Waals surface area contributed by atoms with Gasteiger partial charge in [-0.25, -0.2) is 0 Å². The summed E-state index contributed by atoms with van der Waals surface area (Å²) in [6.07, 6.45) is 2.87. The van der Waals surface area contributed by atoms with E-state index in [9.17, 15) is 0 Å². The molecule has 1 nitrogen and oxygen atoms in total. The predicted molar refractivity (Wildman–Crippen MR) is 62.8 cm³/mol. The highest BCUT2D eigenvalue weighted by molar-refractivity contribution is 7.16. The van der Waals surface area contributed by atoms with E-state index in [-0.39, 0.29) is 0 Å². The highest BCUT2D eigenvalue weighted by Gasteiger charge is 2.18. The smallest absolute Gasteiger partial charge is 0.0934 e. The molecule has 1 aliphatic rings. The molecule has 74 valence electrons. The summed E-state index contributed by atoms with van der Waals surface area (Å²) in [7, 11) is 0. The van der Waals surface area contributed by atoms with Gasteiger partial charge in [-0.2, -0.15) is 0 Å². The van der Waals surface area contributed by atoms with Gasteiger partial charge in [0.05, 0.1) is 10.9 Å². The van der Waals surface area contributed by atoms with Crippen molar-refractivity contribution >= 4 is 22.9 Å². The van der Waals surface area contributed by atoms with Gasteiger partial charge in [0.1, 0.15) is 0 Å². The van der Waals surface area contributed by atoms with Gasteiger partial charge >= 0.3 is 0 Å². The lowest BCUT2D eigenvalue weighted by atomic mass is 10.1. The molecule has 3 heteroatoms. The van der Waals surface area contributed by atoms with Crippen LogP contribution in [-0.4, -0.2) is 11.4 Å². The molecule has 0 fully saturated rings. The average molecular weight is 226 g/mol. The van der Waals surface area contributed by atoms with Crippen LogP contribution in [0, 0.1) is 0 Å². The van der Waals surface area contributed by atoms with Gasteiger partial charge in [0, 0.05) is 17.1 Å². The summed E-state index contributed by atoms with van der Waals surface area (Å²) < 4.78 is 0.890. The highest BCUT2D eigenvalue weighted by atomic mass is 35.5. The van der Waals surface area contributed by atoms with Crippen molar-refractivity contribution in [3.05, 3.63) is 45.8 Å². The predicted octanol–water partition coefficient (Wildman–Crippen LogP) is 3.46. The maximum atomic E-state index is 5.97. The molecular weight excluding hydrogens is 214 g/mol. The molecule has 2 rings (SSSR count). The normalized spacial score (nSPS) is 15.1. The van der Waals surface area contributed by atoms with E-state index in [1.807, 2.05) is 0 Å². The summed E-state index contributed by atoms with van der Waals surface area (Å²) in [5.74, 6) is 0. The Labute approximate surface area is 93.3 Å². The van der Waals surface area contributed by atoms with Crippen LogP contribution in [0.15, 0.2) is 31.0 Å². The molecule has 0 atom stereocenters. The van der Waals surface area contributed by atoms with E-state index in [0.29, 0.717) is 0 Å². The molecule has 1 aromatic heterocycles. The Morgan fingerprint density at radius 3 is 3.14 bits per heavy atom. The first kappa shape index (κ1) is 9.81. The van der Waals surface area contributed by atoms with Gasteiger partial charge < -0.3 is 4.90 Å². The molecule has 0 amide bonds. The molecule has 0 N–H and O–H groups in total. The Hall–Kier alpha value is -0.730. The van der Waals surface area contributed by atoms with Crippen molar-refractivity contribution in [2.45, 2.75) is 13.0 Å². The van der Waals surface area contributed by atoms with Crippen LogP contribution in [0.5, 0.6) is 0 Å². The van der Waals surface area contributed by atoms with Gasteiger partial charge in [0.2, 0.25) is 0 Å². The molecule has 14 heavy (non-hydrogen) atoms. The molecule has 1 aliphatic heterocycles. The number of halogens is 1. The summed E-state index contributed by atoms with van der Waals surface area (Å²) in [6.45, 7) is 9.64. The van der Waals surface area contributed by atoms with Gasteiger partial charge in [-0.1, -0.05) is 24.8 Å². The van der Waals surface area contributed by atoms with Crippen LogP contribution in [0.25, 0.3) is 0 Å². The van der Waals surface area contributed by atoms with Crippen molar-refractivity contribution in [3.8, 4) is 0 Å². The van der Waals surface area contributed by atoms with Gasteiger partial charge in [0.25, 0.3) is 0 Å². The van der Waals surface area contributed by atoms with E-state index >= 15 is 0 Å². The fraction of sp³-hybridized carbons (Fsp3) is 0.273. The number of thiophene rings is 1. The van der Waals surface area contributed by atoms with Crippen molar-refractivity contribution in [2.24, 2.45) is 0 Å². The molecule has 0 aromatic carbocycles. The summed E-state index contributed by atoms with van der Waals surface area (Å²) in [5.41, 5.74) is 2.40. The number of hydrogen-bond donors (Lipinski definition) is 0. The Morgan fingerprint density at radius 1 is 1.64 bits per heavy atom. The van der Waals surface area contributed by atoms with Crippen molar-refractivity contribution in [3.63, 3.8) is 0 Å². The SMILES string of the molecule is C=CC(=C)N1CCc2cc(Cl)sc2C1. The Bertz CT molecular complexity index is 381. The van der Waals surface area contributed by atoms with Crippen LogP contribution >= 0.6 is 22.9 Å². The second-order valence-electron chi connectivity index (χ2n) is 3.37. The molecule has 0 spiro atoms. The highest BCUT2D eigenvalue weighted by Crippen LogP contribution is 2.32. The number of nitrogens with zero attached hydrogens (tertiary/aromatic N) is 1. The molecule has 0 radical (unpaired) electrons. The topological polar surface area (TPSA) is 3.24 Å². The van der Waals surface area contributed by atoms with Crippen LogP contribution in [0.4, 0.5) is 0 Å². The van der Waals surface area contributed by atoms with Gasteiger partial charge in [0.15, 0.2) is 0 Å². The van der Waals surface area contributed by atoms with Crippen molar-refractivity contribution < 1.29 is 0 Å². The minimum Gasteiger partial charge on any atom is -0.367 e. The molecular formula is C11H12ClNS. The van der Waals surface area contributed by atoms with Crippen LogP contribution < -0.4 is 0 Å². The number of allylic oxidation sites excluding steroid dienone is 1. The Kier molecular flexibility index (Phi) is 2.66. The van der Waals surface area contributed by atoms with E-state index in [4.69, 9.17) is 11.6 Å². The van der Waals surface area contributed by atoms with E-state index < -0.39 is 0 Å². The lowest BCUT2D eigenvalue weighted by Gasteiger charge is -2.28. The van der Waals surface area contributed by atoms with E-state index in [1.54, 1.807) is 17.4 Å². The molecule has 0 unspecified atom stereocenters. The maximum Gasteiger partial charge on any atom is 0.0934 e. The number of rotatable bonds is 2. The van der Waals surface area contributed by atoms with Gasteiger partial charge in [-0.05, 0) is 24.1 Å². The number of hydrogen-bond acceptors (Lipinski definition) is 2. The lowest BCUT2D eigenvalue weighted by Crippen LogP contribution is -2.27. The maximum absolute atomic E-state index is 5.97. The molecule has 0 saturated carbocycles. The quantitative estimate of drug-likeness (QED) is 0.697. The second-order valence-corrected chi connectivity index (χ2v) is 5.13. The summed E-state index contributed by atoms with van der Waals surface area (Å²) in [4.78, 5) is 3.60. The first-order valence-corrected chi connectivity index (χ1v) is 5.73. The van der Waals surface area contributed by atoms with E-state index in [2.05, 4.69) is 24.1 Å². The monoisotopic (exact) mass is 225 g/mol. The second kappa shape index (κ2) is 3.79. The van der Waals surface area contributed by atoms with Gasteiger partial charge in [-0.3, -0.25) is 0 Å². The molecule has 2 heterocycles. The molecule has 0 aliphatic carbocycles. The Balaban J connectivity index is 2.20. The number of fused-ring (bicyclic) bond motifs is 1. The van der Waals surface area contributed by atoms with Crippen LogP contribution in [0.2, 0.25) is 4.34 Å². The summed E-state index contributed by atoms with van der Waals surface area (Å²) in [5, 5.41) is 0. The zero-order chi connectivity index (χ0) is 10.1. The largest absolute Gasteiger partial charge is 0.367 e.